The van der Waals surface area contributed by atoms with E-state index in [1.165, 1.54) is 12.1 Å². The number of rotatable bonds is 3. The monoisotopic (exact) mass is 245 g/mol. The number of halogens is 2. The second-order valence-electron chi connectivity index (χ2n) is 4.35. The first-order valence-corrected chi connectivity index (χ1v) is 5.29. The lowest BCUT2D eigenvalue weighted by atomic mass is 9.95. The first-order valence-electron chi connectivity index (χ1n) is 5.29. The van der Waals surface area contributed by atoms with Crippen molar-refractivity contribution in [2.75, 3.05) is 0 Å². The van der Waals surface area contributed by atoms with Gasteiger partial charge in [-0.05, 0) is 48.9 Å². The zero-order valence-corrected chi connectivity index (χ0v) is 10.0. The van der Waals surface area contributed by atoms with Crippen LogP contribution in [0.25, 0.3) is 0 Å². The maximum absolute atomic E-state index is 13.1. The highest BCUT2D eigenvalue weighted by Gasteiger charge is 2.34. The molecule has 1 aliphatic rings. The Kier molecular flexibility index (Phi) is 4.30. The van der Waals surface area contributed by atoms with Gasteiger partial charge in [-0.3, -0.25) is 0 Å². The molecule has 0 unspecified atom stereocenters. The smallest absolute Gasteiger partial charge is 0.123 e. The fourth-order valence-electron chi connectivity index (χ4n) is 1.89. The first-order chi connectivity index (χ1) is 7.09. The summed E-state index contributed by atoms with van der Waals surface area (Å²) < 4.78 is 13.1. The highest BCUT2D eigenvalue weighted by Crippen LogP contribution is 2.37. The Hall–Kier alpha value is -0.640. The van der Waals surface area contributed by atoms with Crippen LogP contribution in [-0.2, 0) is 0 Å². The van der Waals surface area contributed by atoms with Crippen LogP contribution in [0.4, 0.5) is 4.39 Å². The molecule has 1 fully saturated rings. The highest BCUT2D eigenvalue weighted by atomic mass is 35.5. The van der Waals surface area contributed by atoms with Gasteiger partial charge >= 0.3 is 0 Å². The van der Waals surface area contributed by atoms with E-state index in [4.69, 9.17) is 5.73 Å². The van der Waals surface area contributed by atoms with E-state index >= 15 is 0 Å². The van der Waals surface area contributed by atoms with Gasteiger partial charge in [-0.25, -0.2) is 4.39 Å². The summed E-state index contributed by atoms with van der Waals surface area (Å²) >= 11 is 0. The molecule has 2 nitrogen and oxygen atoms in total. The van der Waals surface area contributed by atoms with Crippen LogP contribution in [-0.4, -0.2) is 11.2 Å². The molecule has 1 aliphatic carbocycles. The second-order valence-corrected chi connectivity index (χ2v) is 4.35. The van der Waals surface area contributed by atoms with Crippen LogP contribution in [0.2, 0.25) is 0 Å². The van der Waals surface area contributed by atoms with Gasteiger partial charge in [0.2, 0.25) is 0 Å². The molecule has 2 atom stereocenters. The Balaban J connectivity index is 0.00000128. The molecule has 90 valence electrons. The number of hydrogen-bond acceptors (Lipinski definition) is 2. The van der Waals surface area contributed by atoms with Crippen molar-refractivity contribution >= 4 is 12.4 Å². The molecule has 1 aromatic carbocycles. The van der Waals surface area contributed by atoms with Crippen LogP contribution in [0.3, 0.4) is 0 Å². The van der Waals surface area contributed by atoms with Crippen molar-refractivity contribution in [1.29, 1.82) is 0 Å². The molecule has 2 rings (SSSR count). The Morgan fingerprint density at radius 1 is 1.44 bits per heavy atom. The fraction of sp³-hybridized carbons (Fsp3) is 0.500. The van der Waals surface area contributed by atoms with Crippen LogP contribution in [0.15, 0.2) is 18.2 Å². The highest BCUT2D eigenvalue weighted by molar-refractivity contribution is 5.85. The van der Waals surface area contributed by atoms with Crippen molar-refractivity contribution in [1.82, 2.24) is 0 Å². The summed E-state index contributed by atoms with van der Waals surface area (Å²) in [6.07, 6.45) is 1.53. The number of benzene rings is 1. The normalized spacial score (nSPS) is 18.8. The molecule has 3 N–H and O–H groups in total. The van der Waals surface area contributed by atoms with E-state index in [2.05, 4.69) is 0 Å². The van der Waals surface area contributed by atoms with E-state index < -0.39 is 12.1 Å². The second kappa shape index (κ2) is 5.13. The first kappa shape index (κ1) is 13.4. The van der Waals surface area contributed by atoms with E-state index in [0.29, 0.717) is 5.92 Å². The summed E-state index contributed by atoms with van der Waals surface area (Å²) in [4.78, 5) is 0. The molecular formula is C12H17ClFNO. The summed E-state index contributed by atoms with van der Waals surface area (Å²) in [5, 5.41) is 9.88. The third-order valence-corrected chi connectivity index (χ3v) is 3.07. The van der Waals surface area contributed by atoms with Gasteiger partial charge in [0, 0.05) is 0 Å². The average molecular weight is 246 g/mol. The number of nitrogens with two attached hydrogens (primary N) is 1. The Bertz CT molecular complexity index is 368. The molecule has 16 heavy (non-hydrogen) atoms. The molecule has 0 saturated heterocycles. The molecular weight excluding hydrogens is 229 g/mol. The molecule has 0 radical (unpaired) electrons. The number of aliphatic hydroxyl groups is 1. The molecule has 4 heteroatoms. The Labute approximate surface area is 101 Å². The summed E-state index contributed by atoms with van der Waals surface area (Å²) in [5.41, 5.74) is 7.58. The molecule has 0 aromatic heterocycles. The Morgan fingerprint density at radius 2 is 2.06 bits per heavy atom. The average Bonchev–Trinajstić information content (AvgIpc) is 3.03. The standard InChI is InChI=1S/C12H16FNO.ClH/c1-7-2-5-9(13)6-10(7)11(14)12(15)8-3-4-8;/h2,5-6,8,11-12,15H,3-4,14H2,1H3;1H/t11-,12+;/m0./s1. The van der Waals surface area contributed by atoms with E-state index in [0.717, 1.165) is 24.0 Å². The van der Waals surface area contributed by atoms with Crippen molar-refractivity contribution in [3.8, 4) is 0 Å². The van der Waals surface area contributed by atoms with E-state index in [1.807, 2.05) is 6.92 Å². The zero-order chi connectivity index (χ0) is 11.0. The van der Waals surface area contributed by atoms with Crippen LogP contribution >= 0.6 is 12.4 Å². The number of aliphatic hydroxyl groups excluding tert-OH is 1. The summed E-state index contributed by atoms with van der Waals surface area (Å²) in [7, 11) is 0. The van der Waals surface area contributed by atoms with E-state index in [1.54, 1.807) is 6.07 Å². The number of hydrogen-bond donors (Lipinski definition) is 2. The third-order valence-electron chi connectivity index (χ3n) is 3.07. The molecule has 1 aromatic rings. The van der Waals surface area contributed by atoms with Crippen molar-refractivity contribution in [3.63, 3.8) is 0 Å². The topological polar surface area (TPSA) is 46.2 Å². The van der Waals surface area contributed by atoms with Gasteiger partial charge in [0.1, 0.15) is 5.82 Å². The Morgan fingerprint density at radius 3 is 2.62 bits per heavy atom. The summed E-state index contributed by atoms with van der Waals surface area (Å²) in [6, 6.07) is 4.07. The van der Waals surface area contributed by atoms with Gasteiger partial charge in [-0.1, -0.05) is 6.07 Å². The quantitative estimate of drug-likeness (QED) is 0.859. The van der Waals surface area contributed by atoms with Gasteiger partial charge in [-0.2, -0.15) is 0 Å². The fourth-order valence-corrected chi connectivity index (χ4v) is 1.89. The molecule has 0 aliphatic heterocycles. The minimum atomic E-state index is -0.537. The van der Waals surface area contributed by atoms with Gasteiger partial charge in [-0.15, -0.1) is 12.4 Å². The third kappa shape index (κ3) is 2.73. The van der Waals surface area contributed by atoms with Crippen molar-refractivity contribution in [2.24, 2.45) is 11.7 Å². The minimum absolute atomic E-state index is 0. The maximum Gasteiger partial charge on any atom is 0.123 e. The maximum atomic E-state index is 13.1. The summed E-state index contributed by atoms with van der Waals surface area (Å²) in [6.45, 7) is 1.88. The lowest BCUT2D eigenvalue weighted by molar-refractivity contribution is 0.122. The zero-order valence-electron chi connectivity index (χ0n) is 9.19. The predicted molar refractivity (Wildman–Crippen MR) is 64.0 cm³/mol. The van der Waals surface area contributed by atoms with Crippen molar-refractivity contribution in [3.05, 3.63) is 35.1 Å². The van der Waals surface area contributed by atoms with Gasteiger partial charge in [0.05, 0.1) is 12.1 Å². The van der Waals surface area contributed by atoms with Gasteiger partial charge < -0.3 is 10.8 Å². The largest absolute Gasteiger partial charge is 0.391 e. The molecule has 0 heterocycles. The lowest BCUT2D eigenvalue weighted by Gasteiger charge is -2.20. The van der Waals surface area contributed by atoms with Crippen LogP contribution in [0.5, 0.6) is 0 Å². The van der Waals surface area contributed by atoms with Crippen molar-refractivity contribution in [2.45, 2.75) is 31.9 Å². The van der Waals surface area contributed by atoms with Crippen molar-refractivity contribution < 1.29 is 9.50 Å². The lowest BCUT2D eigenvalue weighted by Crippen LogP contribution is -2.28. The van der Waals surface area contributed by atoms with E-state index in [-0.39, 0.29) is 18.2 Å². The van der Waals surface area contributed by atoms with Gasteiger partial charge in [0.25, 0.3) is 0 Å². The van der Waals surface area contributed by atoms with Crippen LogP contribution in [0, 0.1) is 18.7 Å². The van der Waals surface area contributed by atoms with Crippen LogP contribution < -0.4 is 5.73 Å². The summed E-state index contributed by atoms with van der Waals surface area (Å²) in [5.74, 6) is 0.0108. The minimum Gasteiger partial charge on any atom is -0.391 e. The SMILES string of the molecule is Cc1ccc(F)cc1[C@H](N)[C@H](O)C1CC1.Cl. The molecule has 0 bridgehead atoms. The predicted octanol–water partition coefficient (Wildman–Crippen LogP) is 2.33. The molecule has 1 saturated carbocycles. The van der Waals surface area contributed by atoms with E-state index in [9.17, 15) is 9.50 Å². The molecule has 0 spiro atoms. The molecule has 0 amide bonds. The van der Waals surface area contributed by atoms with Crippen LogP contribution in [0.1, 0.15) is 30.0 Å². The van der Waals surface area contributed by atoms with Gasteiger partial charge in [0.15, 0.2) is 0 Å². The number of aryl methyl sites for hydroxylation is 1.